The summed E-state index contributed by atoms with van der Waals surface area (Å²) in [6, 6.07) is 14.1. The van der Waals surface area contributed by atoms with Crippen molar-refractivity contribution in [3.8, 4) is 40.4 Å². The molecule has 188 valence electrons. The second-order valence-corrected chi connectivity index (χ2v) is 9.84. The minimum absolute atomic E-state index is 0.188. The molecular formula is C27H29N9O. The molecule has 0 radical (unpaired) electrons. The SMILES string of the molecule is CN1CCN(Cc2ccc(-c3nnc(-c4nc(-c5ccnc(C(C)(C)C#N)c5)cnc4N)o3)cc2)CC1. The van der Waals surface area contributed by atoms with Crippen LogP contribution < -0.4 is 5.73 Å². The van der Waals surface area contributed by atoms with Crippen LogP contribution in [0.1, 0.15) is 25.1 Å². The second-order valence-electron chi connectivity index (χ2n) is 9.84. The summed E-state index contributed by atoms with van der Waals surface area (Å²) in [5.74, 6) is 0.762. The average molecular weight is 496 g/mol. The van der Waals surface area contributed by atoms with Gasteiger partial charge in [0.05, 0.1) is 29.1 Å². The maximum absolute atomic E-state index is 9.47. The summed E-state index contributed by atoms with van der Waals surface area (Å²) in [5, 5.41) is 17.9. The lowest BCUT2D eigenvalue weighted by Crippen LogP contribution is -2.43. The Hall–Kier alpha value is -4.20. The van der Waals surface area contributed by atoms with Crippen molar-refractivity contribution in [1.82, 2.24) is 34.9 Å². The Labute approximate surface area is 215 Å². The maximum Gasteiger partial charge on any atom is 0.270 e. The van der Waals surface area contributed by atoms with Crippen molar-refractivity contribution >= 4 is 5.82 Å². The van der Waals surface area contributed by atoms with Gasteiger partial charge in [0, 0.05) is 50.0 Å². The van der Waals surface area contributed by atoms with Crippen molar-refractivity contribution < 1.29 is 4.42 Å². The van der Waals surface area contributed by atoms with Gasteiger partial charge in [-0.1, -0.05) is 12.1 Å². The number of nitrogen functional groups attached to an aromatic ring is 1. The number of rotatable bonds is 6. The fourth-order valence-corrected chi connectivity index (χ4v) is 4.14. The third-order valence-corrected chi connectivity index (χ3v) is 6.61. The van der Waals surface area contributed by atoms with Gasteiger partial charge in [-0.2, -0.15) is 5.26 Å². The van der Waals surface area contributed by atoms with Crippen molar-refractivity contribution in [2.45, 2.75) is 25.8 Å². The van der Waals surface area contributed by atoms with E-state index in [4.69, 9.17) is 10.2 Å². The Morgan fingerprint density at radius 1 is 1.00 bits per heavy atom. The van der Waals surface area contributed by atoms with Crippen LogP contribution in [0.4, 0.5) is 5.82 Å². The van der Waals surface area contributed by atoms with E-state index in [2.05, 4.69) is 60.2 Å². The molecule has 37 heavy (non-hydrogen) atoms. The number of anilines is 1. The maximum atomic E-state index is 9.47. The molecule has 0 atom stereocenters. The number of nitriles is 1. The highest BCUT2D eigenvalue weighted by Gasteiger charge is 2.23. The molecule has 0 aliphatic carbocycles. The van der Waals surface area contributed by atoms with Crippen molar-refractivity contribution in [2.24, 2.45) is 0 Å². The molecule has 0 spiro atoms. The predicted octanol–water partition coefficient (Wildman–Crippen LogP) is 3.39. The summed E-state index contributed by atoms with van der Waals surface area (Å²) < 4.78 is 5.95. The first-order chi connectivity index (χ1) is 17.8. The normalized spacial score (nSPS) is 15.0. The van der Waals surface area contributed by atoms with E-state index in [0.717, 1.165) is 43.9 Å². The fraction of sp³-hybridized carbons (Fsp3) is 0.333. The molecule has 3 aromatic heterocycles. The zero-order valence-electron chi connectivity index (χ0n) is 21.2. The number of aromatic nitrogens is 5. The first kappa shape index (κ1) is 24.5. The highest BCUT2D eigenvalue weighted by atomic mass is 16.4. The molecule has 0 saturated carbocycles. The molecule has 4 aromatic rings. The number of nitrogens with two attached hydrogens (primary N) is 1. The largest absolute Gasteiger partial charge is 0.414 e. The fourth-order valence-electron chi connectivity index (χ4n) is 4.14. The van der Waals surface area contributed by atoms with Crippen molar-refractivity contribution in [3.05, 3.63) is 60.0 Å². The molecular weight excluding hydrogens is 466 g/mol. The number of nitrogens with zero attached hydrogens (tertiary/aromatic N) is 8. The van der Waals surface area contributed by atoms with E-state index >= 15 is 0 Å². The van der Waals surface area contributed by atoms with Crippen LogP contribution in [0.25, 0.3) is 34.3 Å². The zero-order chi connectivity index (χ0) is 26.0. The van der Waals surface area contributed by atoms with Gasteiger partial charge in [-0.3, -0.25) is 9.88 Å². The van der Waals surface area contributed by atoms with Gasteiger partial charge in [-0.15, -0.1) is 10.2 Å². The van der Waals surface area contributed by atoms with Crippen LogP contribution in [0.5, 0.6) is 0 Å². The first-order valence-corrected chi connectivity index (χ1v) is 12.2. The summed E-state index contributed by atoms with van der Waals surface area (Å²) in [7, 11) is 2.16. The first-order valence-electron chi connectivity index (χ1n) is 12.2. The standard InChI is InChI=1S/C27H29N9O/c1-27(2,17-28)22-14-20(8-9-30-22)21-15-31-24(29)23(32-21)26-34-33-25(37-26)19-6-4-18(5-7-19)16-36-12-10-35(3)11-13-36/h4-9,14-15H,10-13,16H2,1-3H3,(H2,29,31). The van der Waals surface area contributed by atoms with E-state index in [1.54, 1.807) is 12.4 Å². The molecule has 0 bridgehead atoms. The van der Waals surface area contributed by atoms with Crippen LogP contribution in [0.15, 0.2) is 53.2 Å². The number of pyridine rings is 1. The molecule has 4 heterocycles. The topological polar surface area (TPSA) is 134 Å². The Balaban J connectivity index is 1.36. The monoisotopic (exact) mass is 495 g/mol. The molecule has 2 N–H and O–H groups in total. The Kier molecular flexibility index (Phi) is 6.65. The molecule has 1 aromatic carbocycles. The molecule has 0 amide bonds. The number of benzene rings is 1. The van der Waals surface area contributed by atoms with E-state index < -0.39 is 5.41 Å². The van der Waals surface area contributed by atoms with Crippen molar-refractivity contribution in [2.75, 3.05) is 39.0 Å². The predicted molar refractivity (Wildman–Crippen MR) is 140 cm³/mol. The van der Waals surface area contributed by atoms with Gasteiger partial charge in [0.1, 0.15) is 0 Å². The molecule has 10 heteroatoms. The van der Waals surface area contributed by atoms with Crippen LogP contribution in [-0.2, 0) is 12.0 Å². The minimum atomic E-state index is -0.735. The highest BCUT2D eigenvalue weighted by molar-refractivity contribution is 5.69. The average Bonchev–Trinajstić information content (AvgIpc) is 3.41. The van der Waals surface area contributed by atoms with Gasteiger partial charge < -0.3 is 15.1 Å². The number of hydrogen-bond donors (Lipinski definition) is 1. The van der Waals surface area contributed by atoms with E-state index in [-0.39, 0.29) is 11.7 Å². The quantitative estimate of drug-likeness (QED) is 0.424. The minimum Gasteiger partial charge on any atom is -0.414 e. The smallest absolute Gasteiger partial charge is 0.270 e. The molecule has 1 aliphatic rings. The number of piperazine rings is 1. The molecule has 1 fully saturated rings. The van der Waals surface area contributed by atoms with Crippen molar-refractivity contribution in [1.29, 1.82) is 5.26 Å². The highest BCUT2D eigenvalue weighted by Crippen LogP contribution is 2.29. The van der Waals surface area contributed by atoms with Gasteiger partial charge in [0.2, 0.25) is 5.89 Å². The summed E-state index contributed by atoms with van der Waals surface area (Å²) >= 11 is 0. The lowest BCUT2D eigenvalue weighted by atomic mass is 9.90. The molecule has 5 rings (SSSR count). The number of likely N-dealkylation sites (N-methyl/N-ethyl adjacent to an activating group) is 1. The molecule has 0 unspecified atom stereocenters. The lowest BCUT2D eigenvalue weighted by Gasteiger charge is -2.32. The van der Waals surface area contributed by atoms with E-state index in [1.807, 2.05) is 38.1 Å². The third kappa shape index (κ3) is 5.33. The molecule has 10 nitrogen and oxygen atoms in total. The number of hydrogen-bond acceptors (Lipinski definition) is 10. The molecule has 1 saturated heterocycles. The van der Waals surface area contributed by atoms with Crippen LogP contribution >= 0.6 is 0 Å². The third-order valence-electron chi connectivity index (χ3n) is 6.61. The Bertz CT molecular complexity index is 1430. The van der Waals surface area contributed by atoms with Gasteiger partial charge in [0.15, 0.2) is 11.5 Å². The second kappa shape index (κ2) is 10.0. The van der Waals surface area contributed by atoms with Gasteiger partial charge >= 0.3 is 0 Å². The van der Waals surface area contributed by atoms with Crippen LogP contribution in [0, 0.1) is 11.3 Å². The summed E-state index contributed by atoms with van der Waals surface area (Å²) in [6.45, 7) is 8.89. The van der Waals surface area contributed by atoms with Crippen LogP contribution in [0.2, 0.25) is 0 Å². The summed E-state index contributed by atoms with van der Waals surface area (Å²) in [6.07, 6.45) is 3.23. The van der Waals surface area contributed by atoms with Crippen LogP contribution in [0.3, 0.4) is 0 Å². The Morgan fingerprint density at radius 2 is 1.73 bits per heavy atom. The van der Waals surface area contributed by atoms with Gasteiger partial charge in [0.25, 0.3) is 5.89 Å². The van der Waals surface area contributed by atoms with E-state index in [1.165, 1.54) is 5.56 Å². The summed E-state index contributed by atoms with van der Waals surface area (Å²) in [5.41, 5.74) is 9.72. The zero-order valence-corrected chi connectivity index (χ0v) is 21.2. The van der Waals surface area contributed by atoms with Crippen molar-refractivity contribution in [3.63, 3.8) is 0 Å². The Morgan fingerprint density at radius 3 is 2.46 bits per heavy atom. The van der Waals surface area contributed by atoms with Gasteiger partial charge in [-0.25, -0.2) is 9.97 Å². The van der Waals surface area contributed by atoms with Crippen LogP contribution in [-0.4, -0.2) is 68.2 Å². The summed E-state index contributed by atoms with van der Waals surface area (Å²) in [4.78, 5) is 18.1. The van der Waals surface area contributed by atoms with E-state index in [9.17, 15) is 5.26 Å². The van der Waals surface area contributed by atoms with E-state index in [0.29, 0.717) is 23.0 Å². The lowest BCUT2D eigenvalue weighted by molar-refractivity contribution is 0.148. The molecule has 1 aliphatic heterocycles. The van der Waals surface area contributed by atoms with Gasteiger partial charge in [-0.05, 0) is 50.7 Å².